The molecule has 3 nitrogen and oxygen atoms in total. The SMILES string of the molecule is CNC(C)c1cccc(F)c1Sc1cnn(C)c1. The standard InChI is InChI=1S/C13H16FN3S/c1-9(15-2)11-5-4-6-12(14)13(11)18-10-7-16-17(3)8-10/h4-9,15H,1-3H3. The van der Waals surface area contributed by atoms with E-state index in [1.165, 1.54) is 17.8 Å². The third-order valence-electron chi connectivity index (χ3n) is 2.80. The van der Waals surface area contributed by atoms with Gasteiger partial charge < -0.3 is 5.32 Å². The molecule has 5 heteroatoms. The van der Waals surface area contributed by atoms with Crippen LogP contribution in [-0.2, 0) is 7.05 Å². The van der Waals surface area contributed by atoms with Crippen molar-refractivity contribution in [2.75, 3.05) is 7.05 Å². The average molecular weight is 265 g/mol. The highest BCUT2D eigenvalue weighted by Gasteiger charge is 2.14. The second-order valence-electron chi connectivity index (χ2n) is 4.12. The number of hydrogen-bond acceptors (Lipinski definition) is 3. The monoisotopic (exact) mass is 265 g/mol. The van der Waals surface area contributed by atoms with Crippen molar-refractivity contribution in [1.82, 2.24) is 15.1 Å². The maximum Gasteiger partial charge on any atom is 0.137 e. The Bertz CT molecular complexity index is 539. The summed E-state index contributed by atoms with van der Waals surface area (Å²) in [5.74, 6) is -0.191. The highest BCUT2D eigenvalue weighted by molar-refractivity contribution is 7.99. The van der Waals surface area contributed by atoms with Crippen molar-refractivity contribution in [2.45, 2.75) is 22.8 Å². The van der Waals surface area contributed by atoms with E-state index in [9.17, 15) is 4.39 Å². The quantitative estimate of drug-likeness (QED) is 0.921. The Morgan fingerprint density at radius 1 is 1.44 bits per heavy atom. The van der Waals surface area contributed by atoms with Gasteiger partial charge in [0.1, 0.15) is 5.82 Å². The first-order valence-corrected chi connectivity index (χ1v) is 6.55. The number of benzene rings is 1. The van der Waals surface area contributed by atoms with Crippen LogP contribution >= 0.6 is 11.8 Å². The molecule has 1 heterocycles. The molecule has 0 aliphatic rings. The molecule has 2 rings (SSSR count). The number of aromatic nitrogens is 2. The van der Waals surface area contributed by atoms with Crippen LogP contribution in [0.15, 0.2) is 40.4 Å². The molecule has 0 fully saturated rings. The van der Waals surface area contributed by atoms with E-state index in [0.29, 0.717) is 4.90 Å². The fraction of sp³-hybridized carbons (Fsp3) is 0.308. The molecule has 0 radical (unpaired) electrons. The molecule has 18 heavy (non-hydrogen) atoms. The second kappa shape index (κ2) is 5.54. The molecule has 1 aromatic carbocycles. The van der Waals surface area contributed by atoms with Gasteiger partial charge in [0.2, 0.25) is 0 Å². The van der Waals surface area contributed by atoms with Gasteiger partial charge >= 0.3 is 0 Å². The summed E-state index contributed by atoms with van der Waals surface area (Å²) in [6.45, 7) is 2.02. The van der Waals surface area contributed by atoms with E-state index in [2.05, 4.69) is 10.4 Å². The molecule has 0 saturated heterocycles. The average Bonchev–Trinajstić information content (AvgIpc) is 2.76. The van der Waals surface area contributed by atoms with E-state index in [-0.39, 0.29) is 11.9 Å². The minimum atomic E-state index is -0.191. The van der Waals surface area contributed by atoms with Gasteiger partial charge in [0.15, 0.2) is 0 Å². The van der Waals surface area contributed by atoms with Gasteiger partial charge in [-0.15, -0.1) is 0 Å². The number of nitrogens with zero attached hydrogens (tertiary/aromatic N) is 2. The van der Waals surface area contributed by atoms with E-state index in [1.54, 1.807) is 16.9 Å². The van der Waals surface area contributed by atoms with Gasteiger partial charge in [-0.3, -0.25) is 4.68 Å². The van der Waals surface area contributed by atoms with Crippen molar-refractivity contribution < 1.29 is 4.39 Å². The van der Waals surface area contributed by atoms with E-state index >= 15 is 0 Å². The van der Waals surface area contributed by atoms with Crippen LogP contribution in [0.1, 0.15) is 18.5 Å². The largest absolute Gasteiger partial charge is 0.313 e. The topological polar surface area (TPSA) is 29.9 Å². The van der Waals surface area contributed by atoms with Crippen molar-refractivity contribution in [3.05, 3.63) is 42.0 Å². The summed E-state index contributed by atoms with van der Waals surface area (Å²) in [4.78, 5) is 1.60. The van der Waals surface area contributed by atoms with Gasteiger partial charge in [0.05, 0.1) is 16.0 Å². The van der Waals surface area contributed by atoms with E-state index in [0.717, 1.165) is 10.5 Å². The molecule has 2 aromatic rings. The van der Waals surface area contributed by atoms with Crippen molar-refractivity contribution >= 4 is 11.8 Å². The number of aryl methyl sites for hydroxylation is 1. The van der Waals surface area contributed by atoms with Gasteiger partial charge in [-0.05, 0) is 25.6 Å². The molecule has 1 atom stereocenters. The molecule has 0 aliphatic carbocycles. The minimum Gasteiger partial charge on any atom is -0.313 e. The third kappa shape index (κ3) is 2.73. The Morgan fingerprint density at radius 3 is 2.83 bits per heavy atom. The van der Waals surface area contributed by atoms with Gasteiger partial charge in [0.25, 0.3) is 0 Å². The van der Waals surface area contributed by atoms with Gasteiger partial charge in [-0.25, -0.2) is 4.39 Å². The summed E-state index contributed by atoms with van der Waals surface area (Å²) in [6.07, 6.45) is 3.62. The fourth-order valence-electron chi connectivity index (χ4n) is 1.70. The fourth-order valence-corrected chi connectivity index (χ4v) is 2.77. The predicted octanol–water partition coefficient (Wildman–Crippen LogP) is 2.99. The van der Waals surface area contributed by atoms with Crippen molar-refractivity contribution in [2.24, 2.45) is 7.05 Å². The molecule has 0 amide bonds. The summed E-state index contributed by atoms with van der Waals surface area (Å²) in [5.41, 5.74) is 0.964. The predicted molar refractivity (Wildman–Crippen MR) is 71.2 cm³/mol. The first-order valence-electron chi connectivity index (χ1n) is 5.74. The maximum atomic E-state index is 14.0. The number of hydrogen-bond donors (Lipinski definition) is 1. The van der Waals surface area contributed by atoms with Crippen molar-refractivity contribution in [3.8, 4) is 0 Å². The minimum absolute atomic E-state index is 0.111. The molecule has 96 valence electrons. The summed E-state index contributed by atoms with van der Waals surface area (Å²) in [7, 11) is 3.72. The van der Waals surface area contributed by atoms with Crippen LogP contribution in [0.4, 0.5) is 4.39 Å². The Kier molecular flexibility index (Phi) is 4.04. The smallest absolute Gasteiger partial charge is 0.137 e. The highest BCUT2D eigenvalue weighted by Crippen LogP contribution is 2.34. The van der Waals surface area contributed by atoms with Crippen LogP contribution in [0, 0.1) is 5.82 Å². The zero-order chi connectivity index (χ0) is 13.1. The summed E-state index contributed by atoms with van der Waals surface area (Å²) < 4.78 is 15.7. The first kappa shape index (κ1) is 13.1. The summed E-state index contributed by atoms with van der Waals surface area (Å²) in [6, 6.07) is 5.29. The lowest BCUT2D eigenvalue weighted by atomic mass is 10.1. The molecule has 1 unspecified atom stereocenters. The van der Waals surface area contributed by atoms with Crippen molar-refractivity contribution in [1.29, 1.82) is 0 Å². The van der Waals surface area contributed by atoms with Crippen molar-refractivity contribution in [3.63, 3.8) is 0 Å². The molecular weight excluding hydrogens is 249 g/mol. The lowest BCUT2D eigenvalue weighted by Crippen LogP contribution is -2.13. The van der Waals surface area contributed by atoms with Crippen LogP contribution in [0.2, 0.25) is 0 Å². The van der Waals surface area contributed by atoms with Gasteiger partial charge in [-0.1, -0.05) is 23.9 Å². The summed E-state index contributed by atoms with van der Waals surface area (Å²) >= 11 is 1.41. The molecule has 1 N–H and O–H groups in total. The lowest BCUT2D eigenvalue weighted by molar-refractivity contribution is 0.576. The zero-order valence-corrected chi connectivity index (χ0v) is 11.5. The van der Waals surface area contributed by atoms with E-state index in [4.69, 9.17) is 0 Å². The van der Waals surface area contributed by atoms with Crippen LogP contribution in [0.3, 0.4) is 0 Å². The number of halogens is 1. The normalized spacial score (nSPS) is 12.7. The molecular formula is C13H16FN3S. The van der Waals surface area contributed by atoms with Gasteiger partial charge in [0, 0.05) is 19.3 Å². The Labute approximate surface area is 110 Å². The molecule has 0 spiro atoms. The van der Waals surface area contributed by atoms with Crippen LogP contribution < -0.4 is 5.32 Å². The number of nitrogens with one attached hydrogen (secondary N) is 1. The molecule has 0 bridgehead atoms. The molecule has 1 aromatic heterocycles. The van der Waals surface area contributed by atoms with Crippen LogP contribution in [0.5, 0.6) is 0 Å². The maximum absolute atomic E-state index is 14.0. The first-order chi connectivity index (χ1) is 8.61. The van der Waals surface area contributed by atoms with Crippen LogP contribution in [0.25, 0.3) is 0 Å². The zero-order valence-electron chi connectivity index (χ0n) is 10.6. The highest BCUT2D eigenvalue weighted by atomic mass is 32.2. The lowest BCUT2D eigenvalue weighted by Gasteiger charge is -2.15. The number of rotatable bonds is 4. The van der Waals surface area contributed by atoms with Crippen LogP contribution in [-0.4, -0.2) is 16.8 Å². The Hall–Kier alpha value is -1.33. The van der Waals surface area contributed by atoms with E-state index in [1.807, 2.05) is 33.3 Å². The Morgan fingerprint density at radius 2 is 2.22 bits per heavy atom. The molecule has 0 aliphatic heterocycles. The Balaban J connectivity index is 2.36. The second-order valence-corrected chi connectivity index (χ2v) is 5.20. The van der Waals surface area contributed by atoms with E-state index < -0.39 is 0 Å². The third-order valence-corrected chi connectivity index (χ3v) is 3.88. The summed E-state index contributed by atoms with van der Waals surface area (Å²) in [5, 5.41) is 7.23. The molecule has 0 saturated carbocycles. The van der Waals surface area contributed by atoms with Gasteiger partial charge in [-0.2, -0.15) is 5.10 Å².